The molecule has 2 aliphatic carbocycles. The Morgan fingerprint density at radius 1 is 1.00 bits per heavy atom. The van der Waals surface area contributed by atoms with Crippen LogP contribution in [0.5, 0.6) is 0 Å². The van der Waals surface area contributed by atoms with E-state index < -0.39 is 15.8 Å². The summed E-state index contributed by atoms with van der Waals surface area (Å²) in [4.78, 5) is 34.7. The fourth-order valence-corrected chi connectivity index (χ4v) is 6.73. The third-order valence-corrected chi connectivity index (χ3v) is 9.43. The number of rotatable bonds is 6. The first-order chi connectivity index (χ1) is 17.7. The van der Waals surface area contributed by atoms with Gasteiger partial charge in [-0.05, 0) is 72.3 Å². The van der Waals surface area contributed by atoms with Gasteiger partial charge >= 0.3 is 0 Å². The highest BCUT2D eigenvalue weighted by Gasteiger charge is 2.36. The molecule has 2 amide bonds. The Morgan fingerprint density at radius 3 is 2.30 bits per heavy atom. The second-order valence-electron chi connectivity index (χ2n) is 11.2. The van der Waals surface area contributed by atoms with Crippen LogP contribution in [0.4, 0.5) is 5.82 Å². The largest absolute Gasteiger partial charge is 0.355 e. The van der Waals surface area contributed by atoms with Gasteiger partial charge in [0.15, 0.2) is 9.84 Å². The zero-order valence-electron chi connectivity index (χ0n) is 21.4. The molecule has 1 aromatic heterocycles. The van der Waals surface area contributed by atoms with Crippen molar-refractivity contribution in [2.24, 2.45) is 5.92 Å². The molecule has 0 bridgehead atoms. The third kappa shape index (κ3) is 4.74. The predicted octanol–water partition coefficient (Wildman–Crippen LogP) is 3.05. The number of sulfone groups is 1. The van der Waals surface area contributed by atoms with Crippen molar-refractivity contribution in [3.8, 4) is 0 Å². The molecule has 9 heteroatoms. The highest BCUT2D eigenvalue weighted by molar-refractivity contribution is 7.90. The maximum absolute atomic E-state index is 13.5. The number of carbonyl (C=O) groups excluding carboxylic acids is 2. The summed E-state index contributed by atoms with van der Waals surface area (Å²) < 4.78 is 25.4. The number of hydrogen-bond acceptors (Lipinski definition) is 6. The molecule has 196 valence electrons. The molecule has 8 nitrogen and oxygen atoms in total. The second kappa shape index (κ2) is 9.11. The fourth-order valence-electron chi connectivity index (χ4n) is 5.83. The minimum Gasteiger partial charge on any atom is -0.355 e. The number of carbonyl (C=O) groups is 2. The van der Waals surface area contributed by atoms with Crippen molar-refractivity contribution in [2.75, 3.05) is 43.9 Å². The summed E-state index contributed by atoms with van der Waals surface area (Å²) in [5.41, 5.74) is 3.53. The normalized spacial score (nSPS) is 24.3. The fraction of sp³-hybridized carbons (Fsp3) is 0.536. The van der Waals surface area contributed by atoms with Gasteiger partial charge in [0.05, 0.1) is 16.4 Å². The van der Waals surface area contributed by atoms with Gasteiger partial charge < -0.3 is 15.1 Å². The van der Waals surface area contributed by atoms with Gasteiger partial charge in [0, 0.05) is 45.2 Å². The summed E-state index contributed by atoms with van der Waals surface area (Å²) >= 11 is 0. The van der Waals surface area contributed by atoms with E-state index in [1.54, 1.807) is 17.0 Å². The maximum Gasteiger partial charge on any atom is 0.255 e. The zero-order chi connectivity index (χ0) is 25.9. The SMILES string of the molecule is CC1CNC(=O)[C@H]1c1ccc(C(=O)N2CCN(c3ncc(C4CC4)cc3C3CC3)CC2)c(S(C)(=O)=O)c1. The number of nitrogens with one attached hydrogen (secondary N) is 1. The van der Waals surface area contributed by atoms with Crippen LogP contribution in [0.25, 0.3) is 0 Å². The highest BCUT2D eigenvalue weighted by Crippen LogP contribution is 2.47. The van der Waals surface area contributed by atoms with Gasteiger partial charge in [-0.1, -0.05) is 19.1 Å². The van der Waals surface area contributed by atoms with E-state index in [9.17, 15) is 18.0 Å². The number of pyridine rings is 1. The molecule has 2 aromatic rings. The van der Waals surface area contributed by atoms with E-state index in [2.05, 4.69) is 16.3 Å². The monoisotopic (exact) mass is 522 g/mol. The predicted molar refractivity (Wildman–Crippen MR) is 141 cm³/mol. The summed E-state index contributed by atoms with van der Waals surface area (Å²) in [7, 11) is -3.67. The number of piperazine rings is 1. The summed E-state index contributed by atoms with van der Waals surface area (Å²) in [6, 6.07) is 7.21. The summed E-state index contributed by atoms with van der Waals surface area (Å²) in [5.74, 6) is 1.58. The van der Waals surface area contributed by atoms with E-state index in [1.807, 2.05) is 13.1 Å². The van der Waals surface area contributed by atoms with Crippen LogP contribution < -0.4 is 10.2 Å². The summed E-state index contributed by atoms with van der Waals surface area (Å²) in [5, 5.41) is 2.84. The first kappa shape index (κ1) is 24.4. The van der Waals surface area contributed by atoms with Crippen LogP contribution >= 0.6 is 0 Å². The maximum atomic E-state index is 13.5. The molecule has 4 fully saturated rings. The molecular weight excluding hydrogens is 488 g/mol. The molecule has 1 N–H and O–H groups in total. The minimum atomic E-state index is -3.67. The lowest BCUT2D eigenvalue weighted by atomic mass is 9.89. The van der Waals surface area contributed by atoms with Crippen molar-refractivity contribution in [2.45, 2.75) is 55.3 Å². The molecule has 2 aliphatic heterocycles. The number of hydrogen-bond donors (Lipinski definition) is 1. The van der Waals surface area contributed by atoms with Crippen LogP contribution in [0.3, 0.4) is 0 Å². The lowest BCUT2D eigenvalue weighted by molar-refractivity contribution is -0.120. The molecule has 4 aliphatic rings. The zero-order valence-corrected chi connectivity index (χ0v) is 22.3. The Morgan fingerprint density at radius 2 is 1.70 bits per heavy atom. The van der Waals surface area contributed by atoms with Crippen LogP contribution in [0.15, 0.2) is 35.4 Å². The number of aromatic nitrogens is 1. The minimum absolute atomic E-state index is 0.00215. The number of amides is 2. The Balaban J connectivity index is 1.21. The lowest BCUT2D eigenvalue weighted by Crippen LogP contribution is -2.49. The Kier molecular flexibility index (Phi) is 6.01. The molecule has 3 heterocycles. The van der Waals surface area contributed by atoms with E-state index in [0.29, 0.717) is 50.1 Å². The van der Waals surface area contributed by atoms with Crippen molar-refractivity contribution < 1.29 is 18.0 Å². The molecule has 1 aromatic carbocycles. The molecule has 2 atom stereocenters. The van der Waals surface area contributed by atoms with Crippen LogP contribution in [-0.4, -0.2) is 69.1 Å². The average Bonchev–Trinajstić information content (AvgIpc) is 3.81. The lowest BCUT2D eigenvalue weighted by Gasteiger charge is -2.36. The van der Waals surface area contributed by atoms with E-state index in [1.165, 1.54) is 42.9 Å². The smallest absolute Gasteiger partial charge is 0.255 e. The quantitative estimate of drug-likeness (QED) is 0.626. The van der Waals surface area contributed by atoms with Gasteiger partial charge in [-0.3, -0.25) is 9.59 Å². The topological polar surface area (TPSA) is 99.7 Å². The molecule has 0 spiro atoms. The molecule has 2 saturated heterocycles. The molecule has 0 radical (unpaired) electrons. The van der Waals surface area contributed by atoms with Gasteiger partial charge in [0.25, 0.3) is 5.91 Å². The van der Waals surface area contributed by atoms with Gasteiger partial charge in [-0.25, -0.2) is 13.4 Å². The first-order valence-electron chi connectivity index (χ1n) is 13.4. The van der Waals surface area contributed by atoms with Gasteiger partial charge in [-0.2, -0.15) is 0 Å². The molecular formula is C28H34N4O4S. The molecule has 1 unspecified atom stereocenters. The van der Waals surface area contributed by atoms with Crippen molar-refractivity contribution in [1.82, 2.24) is 15.2 Å². The Hall–Kier alpha value is -2.94. The molecule has 6 rings (SSSR count). The Labute approximate surface area is 218 Å². The highest BCUT2D eigenvalue weighted by atomic mass is 32.2. The van der Waals surface area contributed by atoms with Gasteiger partial charge in [0.1, 0.15) is 5.82 Å². The summed E-state index contributed by atoms with van der Waals surface area (Å²) in [6.07, 6.45) is 8.10. The summed E-state index contributed by atoms with van der Waals surface area (Å²) in [6.45, 7) is 4.85. The number of nitrogens with zero attached hydrogens (tertiary/aromatic N) is 3. The van der Waals surface area contributed by atoms with Crippen molar-refractivity contribution >= 4 is 27.5 Å². The third-order valence-electron chi connectivity index (χ3n) is 8.29. The van der Waals surface area contributed by atoms with E-state index in [0.717, 1.165) is 12.1 Å². The van der Waals surface area contributed by atoms with Crippen LogP contribution in [0, 0.1) is 5.92 Å². The van der Waals surface area contributed by atoms with Gasteiger partial charge in [0.2, 0.25) is 5.91 Å². The standard InChI is InChI=1S/C28H34N4O4S/c1-17-15-30-27(33)25(17)20-7-8-22(24(14-20)37(2,35)36)28(34)32-11-9-31(10-12-32)26-23(19-5-6-19)13-21(16-29-26)18-3-4-18/h7-8,13-14,16-19,25H,3-6,9-12,15H2,1-2H3,(H,30,33)/t17?,25-/m1/s1. The van der Waals surface area contributed by atoms with Gasteiger partial charge in [-0.15, -0.1) is 0 Å². The molecule has 37 heavy (non-hydrogen) atoms. The second-order valence-corrected chi connectivity index (χ2v) is 13.2. The Bertz CT molecular complexity index is 1360. The van der Waals surface area contributed by atoms with E-state index in [4.69, 9.17) is 4.98 Å². The van der Waals surface area contributed by atoms with E-state index >= 15 is 0 Å². The van der Waals surface area contributed by atoms with Crippen LogP contribution in [0.2, 0.25) is 0 Å². The van der Waals surface area contributed by atoms with Crippen LogP contribution in [0.1, 0.15) is 77.4 Å². The van der Waals surface area contributed by atoms with Crippen molar-refractivity contribution in [3.05, 3.63) is 52.7 Å². The van der Waals surface area contributed by atoms with Crippen molar-refractivity contribution in [1.29, 1.82) is 0 Å². The number of benzene rings is 1. The first-order valence-corrected chi connectivity index (χ1v) is 15.3. The van der Waals surface area contributed by atoms with Crippen LogP contribution in [-0.2, 0) is 14.6 Å². The number of anilines is 1. The van der Waals surface area contributed by atoms with Crippen molar-refractivity contribution in [3.63, 3.8) is 0 Å². The average molecular weight is 523 g/mol. The molecule has 2 saturated carbocycles. The van der Waals surface area contributed by atoms with E-state index in [-0.39, 0.29) is 28.2 Å².